The Morgan fingerprint density at radius 1 is 1.50 bits per heavy atom. The van der Waals surface area contributed by atoms with Crippen molar-refractivity contribution in [1.29, 1.82) is 0 Å². The average Bonchev–Trinajstić information content (AvgIpc) is 2.40. The molecule has 112 valence electrons. The number of aryl methyl sites for hydroxylation is 1. The predicted molar refractivity (Wildman–Crippen MR) is 80.7 cm³/mol. The highest BCUT2D eigenvalue weighted by atomic mass is 35.5. The lowest BCUT2D eigenvalue weighted by Crippen LogP contribution is -2.51. The number of benzene rings is 1. The zero-order chi connectivity index (χ0) is 14.0. The van der Waals surface area contributed by atoms with Crippen molar-refractivity contribution >= 4 is 18.3 Å². The number of piperidine rings is 1. The van der Waals surface area contributed by atoms with Gasteiger partial charge in [-0.25, -0.2) is 4.39 Å². The van der Waals surface area contributed by atoms with E-state index in [1.807, 2.05) is 4.90 Å². The Labute approximate surface area is 125 Å². The number of carbonyl (C=O) groups is 1. The minimum atomic E-state index is -0.279. The van der Waals surface area contributed by atoms with Crippen molar-refractivity contribution in [2.45, 2.75) is 32.7 Å². The monoisotopic (exact) mass is 300 g/mol. The van der Waals surface area contributed by atoms with Gasteiger partial charge >= 0.3 is 0 Å². The van der Waals surface area contributed by atoms with Crippen molar-refractivity contribution in [1.82, 2.24) is 4.90 Å². The van der Waals surface area contributed by atoms with E-state index in [0.29, 0.717) is 23.6 Å². The van der Waals surface area contributed by atoms with E-state index in [1.54, 1.807) is 19.1 Å². The Balaban J connectivity index is 0.00000200. The summed E-state index contributed by atoms with van der Waals surface area (Å²) in [5, 5.41) is 0. The highest BCUT2D eigenvalue weighted by molar-refractivity contribution is 5.94. The van der Waals surface area contributed by atoms with E-state index in [2.05, 4.69) is 6.92 Å². The van der Waals surface area contributed by atoms with Crippen LogP contribution >= 0.6 is 12.4 Å². The van der Waals surface area contributed by atoms with Gasteiger partial charge in [0.25, 0.3) is 5.91 Å². The number of carbonyl (C=O) groups excluding carboxylic acids is 1. The first-order chi connectivity index (χ1) is 9.04. The molecular formula is C15H22ClFN2O. The summed E-state index contributed by atoms with van der Waals surface area (Å²) in [6, 6.07) is 4.61. The molecule has 1 aromatic rings. The van der Waals surface area contributed by atoms with Crippen molar-refractivity contribution in [2.24, 2.45) is 11.7 Å². The van der Waals surface area contributed by atoms with Gasteiger partial charge < -0.3 is 10.6 Å². The largest absolute Gasteiger partial charge is 0.334 e. The van der Waals surface area contributed by atoms with Crippen molar-refractivity contribution in [3.8, 4) is 0 Å². The SMILES string of the molecule is Cc1cc(C(=O)N2CCCC(C)C2CN)ccc1F.Cl. The molecule has 3 nitrogen and oxygen atoms in total. The van der Waals surface area contributed by atoms with Gasteiger partial charge in [0.05, 0.1) is 0 Å². The molecule has 2 unspecified atom stereocenters. The second-order valence-corrected chi connectivity index (χ2v) is 5.39. The lowest BCUT2D eigenvalue weighted by atomic mass is 9.90. The van der Waals surface area contributed by atoms with Crippen molar-refractivity contribution in [3.63, 3.8) is 0 Å². The van der Waals surface area contributed by atoms with Crippen LogP contribution in [0.5, 0.6) is 0 Å². The van der Waals surface area contributed by atoms with E-state index in [1.165, 1.54) is 6.07 Å². The molecular weight excluding hydrogens is 279 g/mol. The van der Waals surface area contributed by atoms with Crippen LogP contribution in [0, 0.1) is 18.7 Å². The fourth-order valence-corrected chi connectivity index (χ4v) is 2.80. The summed E-state index contributed by atoms with van der Waals surface area (Å²) in [6.45, 7) is 5.02. The summed E-state index contributed by atoms with van der Waals surface area (Å²) in [4.78, 5) is 14.4. The van der Waals surface area contributed by atoms with E-state index < -0.39 is 0 Å². The molecule has 1 fully saturated rings. The predicted octanol–water partition coefficient (Wildman–Crippen LogP) is 2.76. The van der Waals surface area contributed by atoms with Crippen LogP contribution in [0.2, 0.25) is 0 Å². The maximum Gasteiger partial charge on any atom is 0.254 e. The summed E-state index contributed by atoms with van der Waals surface area (Å²) >= 11 is 0. The summed E-state index contributed by atoms with van der Waals surface area (Å²) in [6.07, 6.45) is 2.11. The van der Waals surface area contributed by atoms with Crippen molar-refractivity contribution in [3.05, 3.63) is 35.1 Å². The summed E-state index contributed by atoms with van der Waals surface area (Å²) in [5.74, 6) is 0.105. The smallest absolute Gasteiger partial charge is 0.254 e. The first-order valence-electron chi connectivity index (χ1n) is 6.81. The molecule has 2 N–H and O–H groups in total. The van der Waals surface area contributed by atoms with Gasteiger partial charge in [-0.1, -0.05) is 6.92 Å². The molecule has 1 aromatic carbocycles. The fourth-order valence-electron chi connectivity index (χ4n) is 2.80. The van der Waals surface area contributed by atoms with Crippen LogP contribution in [-0.4, -0.2) is 29.9 Å². The van der Waals surface area contributed by atoms with Gasteiger partial charge in [0.2, 0.25) is 0 Å². The Kier molecular flexibility index (Phi) is 5.96. The van der Waals surface area contributed by atoms with Crippen LogP contribution in [0.15, 0.2) is 18.2 Å². The minimum Gasteiger partial charge on any atom is -0.334 e. The maximum absolute atomic E-state index is 13.3. The summed E-state index contributed by atoms with van der Waals surface area (Å²) in [7, 11) is 0. The van der Waals surface area contributed by atoms with Gasteiger partial charge in [0.1, 0.15) is 5.82 Å². The number of nitrogens with two attached hydrogens (primary N) is 1. The lowest BCUT2D eigenvalue weighted by Gasteiger charge is -2.39. The van der Waals surface area contributed by atoms with E-state index in [9.17, 15) is 9.18 Å². The van der Waals surface area contributed by atoms with Crippen molar-refractivity contribution in [2.75, 3.05) is 13.1 Å². The topological polar surface area (TPSA) is 46.3 Å². The molecule has 0 spiro atoms. The molecule has 1 aliphatic heterocycles. The third-order valence-corrected chi connectivity index (χ3v) is 4.02. The molecule has 20 heavy (non-hydrogen) atoms. The van der Waals surface area contributed by atoms with Crippen LogP contribution in [0.3, 0.4) is 0 Å². The number of nitrogens with zero attached hydrogens (tertiary/aromatic N) is 1. The summed E-state index contributed by atoms with van der Waals surface area (Å²) < 4.78 is 13.3. The number of halogens is 2. The second-order valence-electron chi connectivity index (χ2n) is 5.39. The Morgan fingerprint density at radius 2 is 2.20 bits per heavy atom. The summed E-state index contributed by atoms with van der Waals surface area (Å²) in [5.41, 5.74) is 6.85. The third kappa shape index (κ3) is 3.30. The van der Waals surface area contributed by atoms with Gasteiger partial charge in [-0.3, -0.25) is 4.79 Å². The number of amides is 1. The van der Waals surface area contributed by atoms with Crippen LogP contribution in [0.25, 0.3) is 0 Å². The van der Waals surface area contributed by atoms with E-state index in [-0.39, 0.29) is 30.2 Å². The molecule has 1 saturated heterocycles. The molecule has 1 amide bonds. The highest BCUT2D eigenvalue weighted by Gasteiger charge is 2.31. The molecule has 5 heteroatoms. The normalized spacial score (nSPS) is 22.3. The molecule has 0 aromatic heterocycles. The standard InChI is InChI=1S/C15H21FN2O.ClH/c1-10-4-3-7-18(14(10)9-17)15(19)12-5-6-13(16)11(2)8-12;/h5-6,8,10,14H,3-4,7,9,17H2,1-2H3;1H. The molecule has 0 bridgehead atoms. The highest BCUT2D eigenvalue weighted by Crippen LogP contribution is 2.24. The zero-order valence-corrected chi connectivity index (χ0v) is 12.8. The zero-order valence-electron chi connectivity index (χ0n) is 11.9. The number of hydrogen-bond acceptors (Lipinski definition) is 2. The molecule has 1 aliphatic rings. The fraction of sp³-hybridized carbons (Fsp3) is 0.533. The van der Waals surface area contributed by atoms with Gasteiger partial charge in [0, 0.05) is 24.7 Å². The molecule has 1 heterocycles. The Hall–Kier alpha value is -1.13. The van der Waals surface area contributed by atoms with Crippen LogP contribution in [0.1, 0.15) is 35.7 Å². The third-order valence-electron chi connectivity index (χ3n) is 4.02. The van der Waals surface area contributed by atoms with Crippen LogP contribution < -0.4 is 5.73 Å². The van der Waals surface area contributed by atoms with E-state index >= 15 is 0 Å². The molecule has 0 saturated carbocycles. The first kappa shape index (κ1) is 16.9. The van der Waals surface area contributed by atoms with E-state index in [0.717, 1.165) is 19.4 Å². The van der Waals surface area contributed by atoms with Gasteiger partial charge in [-0.2, -0.15) is 0 Å². The van der Waals surface area contributed by atoms with Crippen molar-refractivity contribution < 1.29 is 9.18 Å². The maximum atomic E-state index is 13.3. The van der Waals surface area contributed by atoms with E-state index in [4.69, 9.17) is 5.73 Å². The number of likely N-dealkylation sites (tertiary alicyclic amines) is 1. The van der Waals surface area contributed by atoms with Gasteiger partial charge in [-0.05, 0) is 49.4 Å². The average molecular weight is 301 g/mol. The second kappa shape index (κ2) is 7.04. The molecule has 2 rings (SSSR count). The van der Waals surface area contributed by atoms with Crippen LogP contribution in [-0.2, 0) is 0 Å². The first-order valence-corrected chi connectivity index (χ1v) is 6.81. The Morgan fingerprint density at radius 3 is 2.80 bits per heavy atom. The van der Waals surface area contributed by atoms with Crippen LogP contribution in [0.4, 0.5) is 4.39 Å². The molecule has 2 atom stereocenters. The molecule has 0 radical (unpaired) electrons. The number of hydrogen-bond donors (Lipinski definition) is 1. The lowest BCUT2D eigenvalue weighted by molar-refractivity contribution is 0.0532. The molecule has 0 aliphatic carbocycles. The quantitative estimate of drug-likeness (QED) is 0.913. The minimum absolute atomic E-state index is 0. The Bertz CT molecular complexity index is 481. The number of rotatable bonds is 2. The van der Waals surface area contributed by atoms with Gasteiger partial charge in [0.15, 0.2) is 0 Å². The van der Waals surface area contributed by atoms with Gasteiger partial charge in [-0.15, -0.1) is 12.4 Å².